The molecular weight excluding hydrogens is 208 g/mol. The molecule has 1 amide bonds. The molecule has 1 rings (SSSR count). The highest BCUT2D eigenvalue weighted by Gasteiger charge is 2.05. The molecular formula is C10H16N4O2. The van der Waals surface area contributed by atoms with E-state index in [1.54, 1.807) is 27.3 Å². The number of anilines is 1. The molecule has 0 saturated carbocycles. The summed E-state index contributed by atoms with van der Waals surface area (Å²) in [5.41, 5.74) is -0.195. The van der Waals surface area contributed by atoms with E-state index < -0.39 is 0 Å². The second-order valence-electron chi connectivity index (χ2n) is 3.66. The van der Waals surface area contributed by atoms with E-state index in [1.165, 1.54) is 15.7 Å². The number of nitrogens with zero attached hydrogens (tertiary/aromatic N) is 3. The first-order chi connectivity index (χ1) is 7.52. The van der Waals surface area contributed by atoms with E-state index >= 15 is 0 Å². The largest absolute Gasteiger partial charge is 0.365 e. The smallest absolute Gasteiger partial charge is 0.293 e. The average molecular weight is 224 g/mol. The van der Waals surface area contributed by atoms with Gasteiger partial charge in [0.25, 0.3) is 5.56 Å². The monoisotopic (exact) mass is 224 g/mol. The van der Waals surface area contributed by atoms with Crippen molar-refractivity contribution in [1.82, 2.24) is 14.5 Å². The van der Waals surface area contributed by atoms with Crippen LogP contribution in [0.3, 0.4) is 0 Å². The molecule has 1 N–H and O–H groups in total. The van der Waals surface area contributed by atoms with Crippen LogP contribution in [-0.4, -0.2) is 41.0 Å². The van der Waals surface area contributed by atoms with Crippen molar-refractivity contribution in [3.05, 3.63) is 22.7 Å². The lowest BCUT2D eigenvalue weighted by Crippen LogP contribution is -2.26. The number of hydrogen-bond acceptors (Lipinski definition) is 4. The summed E-state index contributed by atoms with van der Waals surface area (Å²) in [7, 11) is 5.05. The van der Waals surface area contributed by atoms with Gasteiger partial charge in [-0.15, -0.1) is 0 Å². The average Bonchev–Trinajstić information content (AvgIpc) is 2.24. The summed E-state index contributed by atoms with van der Waals surface area (Å²) in [5, 5.41) is 2.85. The van der Waals surface area contributed by atoms with Crippen LogP contribution in [0.25, 0.3) is 0 Å². The third-order valence-corrected chi connectivity index (χ3v) is 2.15. The number of carbonyl (C=O) groups excluding carboxylic acids is 1. The normalized spacial score (nSPS) is 9.94. The summed E-state index contributed by atoms with van der Waals surface area (Å²) >= 11 is 0. The zero-order valence-electron chi connectivity index (χ0n) is 9.73. The Morgan fingerprint density at radius 2 is 2.25 bits per heavy atom. The zero-order chi connectivity index (χ0) is 12.1. The molecule has 0 bridgehead atoms. The quantitative estimate of drug-likeness (QED) is 0.760. The topological polar surface area (TPSA) is 67.2 Å². The maximum absolute atomic E-state index is 11.5. The Balaban J connectivity index is 2.53. The molecule has 6 nitrogen and oxygen atoms in total. The molecule has 0 aliphatic carbocycles. The van der Waals surface area contributed by atoms with Gasteiger partial charge < -0.3 is 14.8 Å². The summed E-state index contributed by atoms with van der Waals surface area (Å²) in [6, 6.07) is 0. The summed E-state index contributed by atoms with van der Waals surface area (Å²) in [6.07, 6.45) is 3.46. The lowest BCUT2D eigenvalue weighted by Gasteiger charge is -2.10. The van der Waals surface area contributed by atoms with Gasteiger partial charge in [0, 0.05) is 46.5 Å². The molecule has 0 aliphatic heterocycles. The molecule has 0 saturated heterocycles. The number of nitrogens with one attached hydrogen (secondary N) is 1. The van der Waals surface area contributed by atoms with Crippen molar-refractivity contribution in [1.29, 1.82) is 0 Å². The minimum Gasteiger partial charge on any atom is -0.365 e. The molecule has 0 fully saturated rings. The van der Waals surface area contributed by atoms with Crippen LogP contribution in [-0.2, 0) is 11.8 Å². The molecule has 1 aromatic rings. The number of aromatic nitrogens is 2. The summed E-state index contributed by atoms with van der Waals surface area (Å²) in [6.45, 7) is 0.406. The van der Waals surface area contributed by atoms with Crippen LogP contribution in [0.4, 0.5) is 5.82 Å². The van der Waals surface area contributed by atoms with Gasteiger partial charge in [-0.2, -0.15) is 0 Å². The molecule has 0 atom stereocenters. The Kier molecular flexibility index (Phi) is 4.04. The van der Waals surface area contributed by atoms with Crippen molar-refractivity contribution in [2.75, 3.05) is 26.0 Å². The van der Waals surface area contributed by atoms with Crippen molar-refractivity contribution < 1.29 is 4.79 Å². The lowest BCUT2D eigenvalue weighted by molar-refractivity contribution is -0.128. The molecule has 0 radical (unpaired) electrons. The fourth-order valence-corrected chi connectivity index (χ4v) is 1.13. The highest BCUT2D eigenvalue weighted by Crippen LogP contribution is 1.93. The standard InChI is InChI=1S/C10H16N4O2/c1-13(2)8(15)4-5-11-9-10(16)14(3)7-6-12-9/h6-7H,4-5H2,1-3H3,(H,11,12). The van der Waals surface area contributed by atoms with Crippen LogP contribution < -0.4 is 10.9 Å². The lowest BCUT2D eigenvalue weighted by atomic mass is 10.4. The van der Waals surface area contributed by atoms with E-state index in [0.29, 0.717) is 13.0 Å². The molecule has 0 aliphatic rings. The number of rotatable bonds is 4. The van der Waals surface area contributed by atoms with Crippen molar-refractivity contribution >= 4 is 11.7 Å². The Labute approximate surface area is 93.9 Å². The Morgan fingerprint density at radius 1 is 1.56 bits per heavy atom. The predicted octanol–water partition coefficient (Wildman–Crippen LogP) is -0.330. The third-order valence-electron chi connectivity index (χ3n) is 2.15. The van der Waals surface area contributed by atoms with Crippen molar-refractivity contribution in [2.24, 2.45) is 7.05 Å². The minimum atomic E-state index is -0.195. The molecule has 0 unspecified atom stereocenters. The maximum atomic E-state index is 11.5. The zero-order valence-corrected chi connectivity index (χ0v) is 9.73. The molecule has 0 spiro atoms. The first-order valence-electron chi connectivity index (χ1n) is 4.98. The molecule has 1 heterocycles. The highest BCUT2D eigenvalue weighted by atomic mass is 16.2. The second kappa shape index (κ2) is 5.29. The predicted molar refractivity (Wildman–Crippen MR) is 61.3 cm³/mol. The molecule has 16 heavy (non-hydrogen) atoms. The number of amides is 1. The van der Waals surface area contributed by atoms with Gasteiger partial charge >= 0.3 is 0 Å². The van der Waals surface area contributed by atoms with Gasteiger partial charge in [-0.25, -0.2) is 4.98 Å². The number of hydrogen-bond donors (Lipinski definition) is 1. The molecule has 0 aromatic carbocycles. The van der Waals surface area contributed by atoms with Crippen LogP contribution in [0.15, 0.2) is 17.2 Å². The highest BCUT2D eigenvalue weighted by molar-refractivity contribution is 5.76. The van der Waals surface area contributed by atoms with E-state index in [1.807, 2.05) is 0 Å². The maximum Gasteiger partial charge on any atom is 0.293 e. The molecule has 6 heteroatoms. The van der Waals surface area contributed by atoms with Gasteiger partial charge in [-0.05, 0) is 0 Å². The minimum absolute atomic E-state index is 0.0141. The second-order valence-corrected chi connectivity index (χ2v) is 3.66. The molecule has 88 valence electrons. The van der Waals surface area contributed by atoms with Gasteiger partial charge in [-0.1, -0.05) is 0 Å². The number of carbonyl (C=O) groups is 1. The Bertz CT molecular complexity index is 425. The van der Waals surface area contributed by atoms with Crippen LogP contribution >= 0.6 is 0 Å². The van der Waals surface area contributed by atoms with Crippen molar-refractivity contribution in [2.45, 2.75) is 6.42 Å². The van der Waals surface area contributed by atoms with Crippen LogP contribution in [0.1, 0.15) is 6.42 Å². The van der Waals surface area contributed by atoms with Gasteiger partial charge in [0.2, 0.25) is 5.91 Å². The third kappa shape index (κ3) is 3.08. The van der Waals surface area contributed by atoms with Crippen molar-refractivity contribution in [3.8, 4) is 0 Å². The first-order valence-corrected chi connectivity index (χ1v) is 4.98. The summed E-state index contributed by atoms with van der Waals surface area (Å²) in [4.78, 5) is 28.2. The first kappa shape index (κ1) is 12.2. The van der Waals surface area contributed by atoms with Crippen molar-refractivity contribution in [3.63, 3.8) is 0 Å². The van der Waals surface area contributed by atoms with E-state index in [9.17, 15) is 9.59 Å². The Morgan fingerprint density at radius 3 is 2.88 bits per heavy atom. The summed E-state index contributed by atoms with van der Waals surface area (Å²) < 4.78 is 1.43. The van der Waals surface area contributed by atoms with Gasteiger partial charge in [-0.3, -0.25) is 9.59 Å². The fraction of sp³-hybridized carbons (Fsp3) is 0.500. The Hall–Kier alpha value is -1.85. The van der Waals surface area contributed by atoms with Gasteiger partial charge in [0.1, 0.15) is 0 Å². The van der Waals surface area contributed by atoms with E-state index in [2.05, 4.69) is 10.3 Å². The van der Waals surface area contributed by atoms with Crippen LogP contribution in [0, 0.1) is 0 Å². The van der Waals surface area contributed by atoms with Gasteiger partial charge in [0.05, 0.1) is 0 Å². The van der Waals surface area contributed by atoms with E-state index in [4.69, 9.17) is 0 Å². The van der Waals surface area contributed by atoms with Crippen LogP contribution in [0.5, 0.6) is 0 Å². The van der Waals surface area contributed by atoms with Crippen LogP contribution in [0.2, 0.25) is 0 Å². The fourth-order valence-electron chi connectivity index (χ4n) is 1.13. The summed E-state index contributed by atoms with van der Waals surface area (Å²) in [5.74, 6) is 0.289. The SMILES string of the molecule is CN(C)C(=O)CCNc1nccn(C)c1=O. The number of aryl methyl sites for hydroxylation is 1. The van der Waals surface area contributed by atoms with Gasteiger partial charge in [0.15, 0.2) is 5.82 Å². The van der Waals surface area contributed by atoms with E-state index in [0.717, 1.165) is 0 Å². The van der Waals surface area contributed by atoms with E-state index in [-0.39, 0.29) is 17.3 Å². The molecule has 1 aromatic heterocycles.